The van der Waals surface area contributed by atoms with Gasteiger partial charge in [-0.1, -0.05) is 48.9 Å². The summed E-state index contributed by atoms with van der Waals surface area (Å²) in [6.07, 6.45) is 2.03. The molecule has 136 valence electrons. The molecule has 0 spiro atoms. The van der Waals surface area contributed by atoms with E-state index in [9.17, 15) is 4.79 Å². The van der Waals surface area contributed by atoms with Crippen LogP contribution in [0.25, 0.3) is 10.2 Å². The highest BCUT2D eigenvalue weighted by atomic mass is 32.2. The SMILES string of the molecule is CCCn1c(=NC(=O)CSc2ccc(C)cc2)sc2cc(CC)ccc21. The molecule has 26 heavy (non-hydrogen) atoms. The number of benzene rings is 2. The van der Waals surface area contributed by atoms with Gasteiger partial charge in [0.2, 0.25) is 0 Å². The van der Waals surface area contributed by atoms with E-state index in [1.807, 2.05) is 0 Å². The first-order valence-electron chi connectivity index (χ1n) is 9.00. The molecule has 0 fully saturated rings. The van der Waals surface area contributed by atoms with Crippen molar-refractivity contribution in [2.75, 3.05) is 5.75 Å². The van der Waals surface area contributed by atoms with E-state index in [0.717, 1.165) is 29.1 Å². The van der Waals surface area contributed by atoms with Crippen molar-refractivity contribution in [3.05, 3.63) is 58.4 Å². The zero-order valence-electron chi connectivity index (χ0n) is 15.5. The average molecular weight is 385 g/mol. The summed E-state index contributed by atoms with van der Waals surface area (Å²) in [6, 6.07) is 14.8. The molecule has 3 aromatic rings. The highest BCUT2D eigenvalue weighted by Gasteiger charge is 2.08. The predicted octanol–water partition coefficient (Wildman–Crippen LogP) is 5.20. The molecule has 0 atom stereocenters. The maximum atomic E-state index is 12.4. The van der Waals surface area contributed by atoms with Gasteiger partial charge in [0, 0.05) is 11.4 Å². The first-order valence-corrected chi connectivity index (χ1v) is 10.8. The molecular formula is C21H24N2OS2. The normalized spacial score (nSPS) is 12.0. The third-order valence-corrected chi connectivity index (χ3v) is 6.24. The fourth-order valence-corrected chi connectivity index (χ4v) is 4.60. The molecule has 1 heterocycles. The minimum Gasteiger partial charge on any atom is -0.316 e. The van der Waals surface area contributed by atoms with Crippen LogP contribution < -0.4 is 4.80 Å². The number of carbonyl (C=O) groups excluding carboxylic acids is 1. The van der Waals surface area contributed by atoms with Crippen molar-refractivity contribution in [3.8, 4) is 0 Å². The second-order valence-electron chi connectivity index (χ2n) is 6.30. The van der Waals surface area contributed by atoms with Crippen molar-refractivity contribution >= 4 is 39.2 Å². The number of amides is 1. The molecule has 0 aliphatic carbocycles. The van der Waals surface area contributed by atoms with Crippen LogP contribution in [0.5, 0.6) is 0 Å². The molecule has 0 N–H and O–H groups in total. The van der Waals surface area contributed by atoms with Crippen LogP contribution in [0.2, 0.25) is 0 Å². The number of hydrogen-bond acceptors (Lipinski definition) is 3. The van der Waals surface area contributed by atoms with E-state index in [1.54, 1.807) is 23.1 Å². The quantitative estimate of drug-likeness (QED) is 0.547. The number of hydrogen-bond donors (Lipinski definition) is 0. The lowest BCUT2D eigenvalue weighted by Crippen LogP contribution is -2.17. The minimum atomic E-state index is -0.0808. The van der Waals surface area contributed by atoms with Crippen molar-refractivity contribution in [2.45, 2.75) is 45.1 Å². The maximum absolute atomic E-state index is 12.4. The fourth-order valence-electron chi connectivity index (χ4n) is 2.78. The van der Waals surface area contributed by atoms with Gasteiger partial charge in [0.05, 0.1) is 16.0 Å². The average Bonchev–Trinajstić information content (AvgIpc) is 2.98. The first-order chi connectivity index (χ1) is 12.6. The number of thiazole rings is 1. The Kier molecular flexibility index (Phi) is 6.33. The summed E-state index contributed by atoms with van der Waals surface area (Å²) < 4.78 is 3.38. The number of carbonyl (C=O) groups is 1. The van der Waals surface area contributed by atoms with Crippen molar-refractivity contribution < 1.29 is 4.79 Å². The first kappa shape index (κ1) is 18.9. The summed E-state index contributed by atoms with van der Waals surface area (Å²) in [5.74, 6) is 0.284. The third kappa shape index (κ3) is 4.46. The lowest BCUT2D eigenvalue weighted by atomic mass is 10.2. The molecule has 0 aliphatic rings. The van der Waals surface area contributed by atoms with Crippen LogP contribution in [0.4, 0.5) is 0 Å². The van der Waals surface area contributed by atoms with E-state index in [2.05, 4.69) is 72.8 Å². The van der Waals surface area contributed by atoms with Crippen molar-refractivity contribution in [3.63, 3.8) is 0 Å². The van der Waals surface area contributed by atoms with Crippen LogP contribution in [-0.2, 0) is 17.8 Å². The van der Waals surface area contributed by atoms with E-state index in [4.69, 9.17) is 0 Å². The van der Waals surface area contributed by atoms with Crippen molar-refractivity contribution in [1.29, 1.82) is 0 Å². The lowest BCUT2D eigenvalue weighted by Gasteiger charge is -2.03. The van der Waals surface area contributed by atoms with Crippen LogP contribution in [0.15, 0.2) is 52.4 Å². The summed E-state index contributed by atoms with van der Waals surface area (Å²) in [7, 11) is 0. The summed E-state index contributed by atoms with van der Waals surface area (Å²) in [6.45, 7) is 7.25. The van der Waals surface area contributed by atoms with Crippen LogP contribution in [-0.4, -0.2) is 16.2 Å². The number of fused-ring (bicyclic) bond motifs is 1. The van der Waals surface area contributed by atoms with E-state index in [0.29, 0.717) is 5.75 Å². The fraction of sp³-hybridized carbons (Fsp3) is 0.333. The molecule has 0 radical (unpaired) electrons. The molecule has 0 saturated carbocycles. The minimum absolute atomic E-state index is 0.0808. The Hall–Kier alpha value is -1.85. The van der Waals surface area contributed by atoms with E-state index in [-0.39, 0.29) is 5.91 Å². The Labute approximate surface area is 162 Å². The molecule has 2 aromatic carbocycles. The standard InChI is InChI=1S/C21H24N2OS2/c1-4-12-23-18-11-8-16(5-2)13-19(18)26-21(23)22-20(24)14-25-17-9-6-15(3)7-10-17/h6-11,13H,4-5,12,14H2,1-3H3. The Morgan fingerprint density at radius 3 is 2.62 bits per heavy atom. The molecule has 0 aliphatic heterocycles. The smallest absolute Gasteiger partial charge is 0.258 e. The molecule has 1 aromatic heterocycles. The van der Waals surface area contributed by atoms with Gasteiger partial charge in [-0.05, 0) is 49.6 Å². The molecule has 0 unspecified atom stereocenters. The third-order valence-electron chi connectivity index (χ3n) is 4.21. The second kappa shape index (κ2) is 8.69. The summed E-state index contributed by atoms with van der Waals surface area (Å²) in [4.78, 5) is 18.8. The van der Waals surface area contributed by atoms with E-state index < -0.39 is 0 Å². The zero-order valence-corrected chi connectivity index (χ0v) is 17.1. The molecule has 0 bridgehead atoms. The van der Waals surface area contributed by atoms with Gasteiger partial charge in [-0.25, -0.2) is 0 Å². The maximum Gasteiger partial charge on any atom is 0.258 e. The van der Waals surface area contributed by atoms with Crippen molar-refractivity contribution in [2.24, 2.45) is 4.99 Å². The number of aryl methyl sites for hydroxylation is 3. The molecule has 1 amide bonds. The topological polar surface area (TPSA) is 34.4 Å². The molecular weight excluding hydrogens is 360 g/mol. The van der Waals surface area contributed by atoms with E-state index >= 15 is 0 Å². The van der Waals surface area contributed by atoms with Crippen LogP contribution in [0.3, 0.4) is 0 Å². The summed E-state index contributed by atoms with van der Waals surface area (Å²) >= 11 is 3.15. The van der Waals surface area contributed by atoms with Crippen LogP contribution in [0, 0.1) is 6.92 Å². The van der Waals surface area contributed by atoms with Gasteiger partial charge in [-0.15, -0.1) is 11.8 Å². The molecule has 0 saturated heterocycles. The zero-order chi connectivity index (χ0) is 18.5. The van der Waals surface area contributed by atoms with Gasteiger partial charge in [0.25, 0.3) is 5.91 Å². The van der Waals surface area contributed by atoms with Gasteiger partial charge in [0.15, 0.2) is 4.80 Å². The predicted molar refractivity (Wildman–Crippen MR) is 112 cm³/mol. The Morgan fingerprint density at radius 2 is 1.92 bits per heavy atom. The van der Waals surface area contributed by atoms with Gasteiger partial charge in [-0.2, -0.15) is 4.99 Å². The Balaban J connectivity index is 1.85. The van der Waals surface area contributed by atoms with Gasteiger partial charge in [0.1, 0.15) is 0 Å². The number of aromatic nitrogens is 1. The van der Waals surface area contributed by atoms with Gasteiger partial charge >= 0.3 is 0 Å². The second-order valence-corrected chi connectivity index (χ2v) is 8.36. The lowest BCUT2D eigenvalue weighted by molar-refractivity contribution is -0.115. The van der Waals surface area contributed by atoms with E-state index in [1.165, 1.54) is 21.3 Å². The molecule has 3 rings (SSSR count). The number of thioether (sulfide) groups is 1. The Morgan fingerprint density at radius 1 is 1.15 bits per heavy atom. The van der Waals surface area contributed by atoms with Gasteiger partial charge < -0.3 is 4.57 Å². The Bertz CT molecular complexity index is 968. The number of nitrogens with zero attached hydrogens (tertiary/aromatic N) is 2. The number of rotatable bonds is 6. The van der Waals surface area contributed by atoms with Gasteiger partial charge in [-0.3, -0.25) is 4.79 Å². The van der Waals surface area contributed by atoms with Crippen LogP contribution in [0.1, 0.15) is 31.4 Å². The van der Waals surface area contributed by atoms with Crippen molar-refractivity contribution in [1.82, 2.24) is 4.57 Å². The van der Waals surface area contributed by atoms with Crippen LogP contribution >= 0.6 is 23.1 Å². The summed E-state index contributed by atoms with van der Waals surface area (Å²) in [5, 5.41) is 0. The highest BCUT2D eigenvalue weighted by molar-refractivity contribution is 8.00. The summed E-state index contributed by atoms with van der Waals surface area (Å²) in [5.41, 5.74) is 3.71. The highest BCUT2D eigenvalue weighted by Crippen LogP contribution is 2.21. The molecule has 3 nitrogen and oxygen atoms in total. The monoisotopic (exact) mass is 384 g/mol. The largest absolute Gasteiger partial charge is 0.316 e. The molecule has 5 heteroatoms.